The Kier molecular flexibility index (Phi) is 5.12. The molecular formula is C21H19NO3. The Balaban J connectivity index is 1.76. The van der Waals surface area contributed by atoms with Gasteiger partial charge in [-0.1, -0.05) is 60.7 Å². The van der Waals surface area contributed by atoms with Crippen molar-refractivity contribution in [1.29, 1.82) is 0 Å². The van der Waals surface area contributed by atoms with Gasteiger partial charge in [-0.2, -0.15) is 0 Å². The molecule has 1 heterocycles. The lowest BCUT2D eigenvalue weighted by Gasteiger charge is -2.21. The van der Waals surface area contributed by atoms with E-state index < -0.39 is 12.0 Å². The Bertz CT molecular complexity index is 808. The lowest BCUT2D eigenvalue weighted by atomic mass is 10.0. The van der Waals surface area contributed by atoms with Gasteiger partial charge in [-0.3, -0.25) is 4.79 Å². The molecule has 1 saturated heterocycles. The minimum atomic E-state index is -0.592. The van der Waals surface area contributed by atoms with Crippen LogP contribution in [-0.4, -0.2) is 23.5 Å². The molecule has 0 saturated carbocycles. The van der Waals surface area contributed by atoms with Crippen LogP contribution in [0.15, 0.2) is 72.5 Å². The van der Waals surface area contributed by atoms with Crippen molar-refractivity contribution in [3.63, 3.8) is 0 Å². The maximum atomic E-state index is 12.7. The standard InChI is InChI=1S/C21H19NO3/c1-16(9-8-12-17-10-4-2-5-11-17)20(23)22-19(15-25-21(22)24)18-13-6-3-7-14-18/h2-7,9-14,16,19H,15H2,1H3/t8?,16-,19-/m0/s1. The maximum Gasteiger partial charge on any atom is 0.417 e. The summed E-state index contributed by atoms with van der Waals surface area (Å²) < 4.78 is 5.10. The monoisotopic (exact) mass is 333 g/mol. The molecule has 0 aliphatic carbocycles. The predicted octanol–water partition coefficient (Wildman–Crippen LogP) is 4.21. The number of carbonyl (C=O) groups excluding carboxylic acids is 2. The first-order chi connectivity index (χ1) is 12.2. The van der Waals surface area contributed by atoms with Gasteiger partial charge in [0, 0.05) is 0 Å². The first-order valence-electron chi connectivity index (χ1n) is 8.19. The molecule has 1 fully saturated rings. The number of hydrogen-bond acceptors (Lipinski definition) is 3. The zero-order valence-electron chi connectivity index (χ0n) is 14.0. The summed E-state index contributed by atoms with van der Waals surface area (Å²) in [6.07, 6.45) is 2.88. The SMILES string of the molecule is C[C@@H](C=C=Cc1ccccc1)C(=O)N1C(=O)OC[C@H]1c1ccccc1. The first-order valence-corrected chi connectivity index (χ1v) is 8.19. The number of imide groups is 1. The van der Waals surface area contributed by atoms with Crippen LogP contribution in [0.2, 0.25) is 0 Å². The molecule has 2 atom stereocenters. The van der Waals surface area contributed by atoms with E-state index in [1.807, 2.05) is 60.7 Å². The van der Waals surface area contributed by atoms with E-state index in [-0.39, 0.29) is 18.6 Å². The second-order valence-corrected chi connectivity index (χ2v) is 5.89. The summed E-state index contributed by atoms with van der Waals surface area (Å²) >= 11 is 0. The van der Waals surface area contributed by atoms with Crippen molar-refractivity contribution < 1.29 is 14.3 Å². The molecule has 1 aliphatic heterocycles. The van der Waals surface area contributed by atoms with Gasteiger partial charge in [-0.15, -0.1) is 5.73 Å². The number of rotatable bonds is 4. The molecule has 0 aromatic heterocycles. The molecule has 0 N–H and O–H groups in total. The van der Waals surface area contributed by atoms with E-state index in [1.165, 1.54) is 4.90 Å². The molecule has 25 heavy (non-hydrogen) atoms. The molecule has 0 spiro atoms. The van der Waals surface area contributed by atoms with Crippen LogP contribution in [0.1, 0.15) is 24.1 Å². The predicted molar refractivity (Wildman–Crippen MR) is 95.5 cm³/mol. The van der Waals surface area contributed by atoms with E-state index in [2.05, 4.69) is 5.73 Å². The molecule has 0 radical (unpaired) electrons. The van der Waals surface area contributed by atoms with Gasteiger partial charge in [0.2, 0.25) is 5.91 Å². The highest BCUT2D eigenvalue weighted by Crippen LogP contribution is 2.29. The van der Waals surface area contributed by atoms with E-state index in [0.29, 0.717) is 0 Å². The minimum Gasteiger partial charge on any atom is -0.446 e. The number of benzene rings is 2. The van der Waals surface area contributed by atoms with Gasteiger partial charge in [0.15, 0.2) is 0 Å². The number of ether oxygens (including phenoxy) is 1. The van der Waals surface area contributed by atoms with Gasteiger partial charge < -0.3 is 4.74 Å². The Hall–Kier alpha value is -3.10. The van der Waals surface area contributed by atoms with Crippen LogP contribution in [0.5, 0.6) is 0 Å². The van der Waals surface area contributed by atoms with Crippen molar-refractivity contribution in [3.05, 3.63) is 83.6 Å². The van der Waals surface area contributed by atoms with Crippen molar-refractivity contribution >= 4 is 18.1 Å². The highest BCUT2D eigenvalue weighted by molar-refractivity contribution is 5.95. The summed E-state index contributed by atoms with van der Waals surface area (Å²) in [7, 11) is 0. The fourth-order valence-electron chi connectivity index (χ4n) is 2.71. The third-order valence-electron chi connectivity index (χ3n) is 4.08. The second kappa shape index (κ2) is 7.65. The Morgan fingerprint density at radius 2 is 1.80 bits per heavy atom. The van der Waals surface area contributed by atoms with Crippen LogP contribution >= 0.6 is 0 Å². The molecule has 3 rings (SSSR count). The summed E-state index contributed by atoms with van der Waals surface area (Å²) in [5.74, 6) is -0.762. The summed E-state index contributed by atoms with van der Waals surface area (Å²) in [4.78, 5) is 26.0. The first kappa shape index (κ1) is 16.7. The lowest BCUT2D eigenvalue weighted by molar-refractivity contribution is -0.131. The van der Waals surface area contributed by atoms with Crippen LogP contribution in [0.4, 0.5) is 4.79 Å². The molecule has 4 nitrogen and oxygen atoms in total. The van der Waals surface area contributed by atoms with Crippen molar-refractivity contribution in [1.82, 2.24) is 4.90 Å². The third-order valence-corrected chi connectivity index (χ3v) is 4.08. The van der Waals surface area contributed by atoms with Crippen LogP contribution in [0.3, 0.4) is 0 Å². The van der Waals surface area contributed by atoms with Gasteiger partial charge in [-0.25, -0.2) is 9.69 Å². The number of carbonyl (C=O) groups is 2. The Morgan fingerprint density at radius 3 is 2.48 bits per heavy atom. The molecule has 4 heteroatoms. The summed E-state index contributed by atoms with van der Waals surface area (Å²) in [5, 5.41) is 0. The number of hydrogen-bond donors (Lipinski definition) is 0. The summed E-state index contributed by atoms with van der Waals surface area (Å²) in [6.45, 7) is 1.94. The highest BCUT2D eigenvalue weighted by Gasteiger charge is 2.39. The molecule has 1 aliphatic rings. The molecule has 126 valence electrons. The smallest absolute Gasteiger partial charge is 0.417 e. The minimum absolute atomic E-state index is 0.185. The highest BCUT2D eigenvalue weighted by atomic mass is 16.6. The zero-order valence-corrected chi connectivity index (χ0v) is 14.0. The van der Waals surface area contributed by atoms with Gasteiger partial charge in [-0.05, 0) is 30.2 Å². The van der Waals surface area contributed by atoms with E-state index in [1.54, 1.807) is 19.1 Å². The number of cyclic esters (lactones) is 1. The Morgan fingerprint density at radius 1 is 1.16 bits per heavy atom. The fraction of sp³-hybridized carbons (Fsp3) is 0.190. The van der Waals surface area contributed by atoms with Gasteiger partial charge in [0.25, 0.3) is 0 Å². The quantitative estimate of drug-likeness (QED) is 0.787. The number of nitrogens with zero attached hydrogens (tertiary/aromatic N) is 1. The zero-order chi connectivity index (χ0) is 17.6. The van der Waals surface area contributed by atoms with Gasteiger partial charge >= 0.3 is 6.09 Å². The normalized spacial score (nSPS) is 17.4. The molecule has 2 aromatic carbocycles. The van der Waals surface area contributed by atoms with E-state index in [9.17, 15) is 9.59 Å². The molecule has 0 bridgehead atoms. The topological polar surface area (TPSA) is 46.6 Å². The van der Waals surface area contributed by atoms with Crippen molar-refractivity contribution in [2.45, 2.75) is 13.0 Å². The summed E-state index contributed by atoms with van der Waals surface area (Å²) in [5.41, 5.74) is 4.91. The van der Waals surface area contributed by atoms with E-state index in [4.69, 9.17) is 4.74 Å². The molecular weight excluding hydrogens is 314 g/mol. The van der Waals surface area contributed by atoms with Crippen LogP contribution in [0, 0.1) is 5.92 Å². The van der Waals surface area contributed by atoms with Crippen molar-refractivity contribution in [2.24, 2.45) is 5.92 Å². The molecule has 0 unspecified atom stereocenters. The van der Waals surface area contributed by atoms with Crippen molar-refractivity contribution in [2.75, 3.05) is 6.61 Å². The fourth-order valence-corrected chi connectivity index (χ4v) is 2.71. The van der Waals surface area contributed by atoms with Gasteiger partial charge in [0.05, 0.1) is 5.92 Å². The number of amides is 2. The maximum absolute atomic E-state index is 12.7. The molecule has 2 amide bonds. The second-order valence-electron chi connectivity index (χ2n) is 5.89. The van der Waals surface area contributed by atoms with Crippen molar-refractivity contribution in [3.8, 4) is 0 Å². The third kappa shape index (κ3) is 3.87. The van der Waals surface area contributed by atoms with Gasteiger partial charge in [0.1, 0.15) is 12.6 Å². The van der Waals surface area contributed by atoms with Crippen LogP contribution in [0.25, 0.3) is 6.08 Å². The Labute approximate surface area is 147 Å². The van der Waals surface area contributed by atoms with Crippen LogP contribution in [-0.2, 0) is 9.53 Å². The van der Waals surface area contributed by atoms with E-state index in [0.717, 1.165) is 11.1 Å². The van der Waals surface area contributed by atoms with E-state index >= 15 is 0 Å². The molecule has 2 aromatic rings. The average molecular weight is 333 g/mol. The van der Waals surface area contributed by atoms with Crippen LogP contribution < -0.4 is 0 Å². The average Bonchev–Trinajstić information content (AvgIpc) is 3.04. The largest absolute Gasteiger partial charge is 0.446 e. The lowest BCUT2D eigenvalue weighted by Crippen LogP contribution is -2.37. The summed E-state index contributed by atoms with van der Waals surface area (Å²) in [6, 6.07) is 18.8.